The van der Waals surface area contributed by atoms with E-state index in [-0.39, 0.29) is 6.09 Å². The van der Waals surface area contributed by atoms with Crippen LogP contribution in [0.25, 0.3) is 0 Å². The highest BCUT2D eigenvalue weighted by Gasteiger charge is 2.15. The predicted molar refractivity (Wildman–Crippen MR) is 53.7 cm³/mol. The van der Waals surface area contributed by atoms with Crippen LogP contribution in [0.3, 0.4) is 0 Å². The number of carbonyl (C=O) groups is 1. The molecule has 0 aromatic carbocycles. The van der Waals surface area contributed by atoms with Gasteiger partial charge in [-0.05, 0) is 17.9 Å². The first-order valence-electron chi connectivity index (χ1n) is 3.90. The molecule has 1 N–H and O–H groups in total. The van der Waals surface area contributed by atoms with Crippen LogP contribution in [0.2, 0.25) is 0 Å². The van der Waals surface area contributed by atoms with Gasteiger partial charge in [-0.2, -0.15) is 0 Å². The van der Waals surface area contributed by atoms with E-state index in [0.717, 1.165) is 0 Å². The maximum Gasteiger partial charge on any atom is 0.406 e. The highest BCUT2D eigenvalue weighted by Crippen LogP contribution is 2.30. The van der Waals surface area contributed by atoms with Crippen molar-refractivity contribution in [1.29, 1.82) is 0 Å². The van der Waals surface area contributed by atoms with E-state index >= 15 is 0 Å². The second-order valence-electron chi connectivity index (χ2n) is 2.37. The zero-order valence-electron chi connectivity index (χ0n) is 7.04. The molecule has 0 unspecified atom stereocenters. The molecule has 12 heavy (non-hydrogen) atoms. The summed E-state index contributed by atoms with van der Waals surface area (Å²) in [5.41, 5.74) is 0. The van der Waals surface area contributed by atoms with Crippen molar-refractivity contribution in [2.45, 2.75) is 11.0 Å². The van der Waals surface area contributed by atoms with Crippen molar-refractivity contribution < 1.29 is 9.53 Å². The molecule has 1 aliphatic heterocycles. The van der Waals surface area contributed by atoms with Crippen LogP contribution in [-0.4, -0.2) is 35.8 Å². The van der Waals surface area contributed by atoms with Crippen molar-refractivity contribution in [3.8, 4) is 0 Å². The van der Waals surface area contributed by atoms with E-state index in [9.17, 15) is 4.79 Å². The topological polar surface area (TPSA) is 38.3 Å². The molecule has 1 aliphatic rings. The Bertz CT molecular complexity index is 148. The average Bonchev–Trinajstić information content (AvgIpc) is 2.16. The third-order valence-corrected chi connectivity index (χ3v) is 4.33. The molecule has 0 atom stereocenters. The number of nitrogens with one attached hydrogen (secondary N) is 1. The summed E-state index contributed by atoms with van der Waals surface area (Å²) in [5, 5.41) is 2.42. The molecule has 1 saturated heterocycles. The van der Waals surface area contributed by atoms with Crippen LogP contribution in [0.15, 0.2) is 0 Å². The first-order chi connectivity index (χ1) is 5.83. The first kappa shape index (κ1) is 10.1. The molecule has 0 bridgehead atoms. The van der Waals surface area contributed by atoms with E-state index in [1.165, 1.54) is 17.9 Å². The minimum absolute atomic E-state index is 0.332. The standard InChI is InChI=1S/C7H13NO2S2/c1-8-7(9)10-5-6-11-3-2-4-12-6/h6H,2-5H2,1H3,(H,8,9). The van der Waals surface area contributed by atoms with Crippen molar-refractivity contribution in [2.75, 3.05) is 25.2 Å². The Hall–Kier alpha value is -0.0300. The fourth-order valence-electron chi connectivity index (χ4n) is 0.849. The molecule has 3 nitrogen and oxygen atoms in total. The summed E-state index contributed by atoms with van der Waals surface area (Å²) in [6.07, 6.45) is 0.938. The third-order valence-electron chi connectivity index (χ3n) is 1.45. The van der Waals surface area contributed by atoms with E-state index in [0.29, 0.717) is 11.2 Å². The lowest BCUT2D eigenvalue weighted by Gasteiger charge is -2.20. The molecule has 0 aromatic heterocycles. The number of rotatable bonds is 2. The molecular formula is C7H13NO2S2. The van der Waals surface area contributed by atoms with Crippen LogP contribution < -0.4 is 5.32 Å². The summed E-state index contributed by atoms with van der Waals surface area (Å²) < 4.78 is 5.38. The molecule has 70 valence electrons. The lowest BCUT2D eigenvalue weighted by atomic mass is 10.6. The molecule has 0 saturated carbocycles. The SMILES string of the molecule is CNC(=O)OCC1SCCCS1. The summed E-state index contributed by atoms with van der Waals surface area (Å²) >= 11 is 3.75. The molecule has 5 heteroatoms. The summed E-state index contributed by atoms with van der Waals surface area (Å²) in [6, 6.07) is 0. The number of thioether (sulfide) groups is 2. The Labute approximate surface area is 81.0 Å². The summed E-state index contributed by atoms with van der Waals surface area (Å²) in [5.74, 6) is 2.38. The summed E-state index contributed by atoms with van der Waals surface area (Å²) in [4.78, 5) is 10.7. The lowest BCUT2D eigenvalue weighted by molar-refractivity contribution is 0.154. The second kappa shape index (κ2) is 5.59. The van der Waals surface area contributed by atoms with Gasteiger partial charge in [0.1, 0.15) is 6.61 Å². The van der Waals surface area contributed by atoms with Gasteiger partial charge in [0, 0.05) is 7.05 Å². The smallest absolute Gasteiger partial charge is 0.406 e. The van der Waals surface area contributed by atoms with Gasteiger partial charge in [-0.15, -0.1) is 23.5 Å². The van der Waals surface area contributed by atoms with Crippen LogP contribution in [0.1, 0.15) is 6.42 Å². The van der Waals surface area contributed by atoms with Crippen LogP contribution in [-0.2, 0) is 4.74 Å². The van der Waals surface area contributed by atoms with Gasteiger partial charge in [0.15, 0.2) is 0 Å². The molecule has 1 fully saturated rings. The number of carbonyl (C=O) groups excluding carboxylic acids is 1. The largest absolute Gasteiger partial charge is 0.447 e. The van der Waals surface area contributed by atoms with Gasteiger partial charge in [-0.1, -0.05) is 0 Å². The van der Waals surface area contributed by atoms with Gasteiger partial charge in [0.2, 0.25) is 0 Å². The molecule has 1 amide bonds. The van der Waals surface area contributed by atoms with Gasteiger partial charge < -0.3 is 10.1 Å². The minimum atomic E-state index is -0.332. The summed E-state index contributed by atoms with van der Waals surface area (Å²) in [6.45, 7) is 0.523. The number of ether oxygens (including phenoxy) is 1. The Morgan fingerprint density at radius 2 is 2.25 bits per heavy atom. The van der Waals surface area contributed by atoms with Crippen LogP contribution in [0, 0.1) is 0 Å². The fourth-order valence-corrected chi connectivity index (χ4v) is 3.47. The zero-order valence-corrected chi connectivity index (χ0v) is 8.67. The summed E-state index contributed by atoms with van der Waals surface area (Å²) in [7, 11) is 1.57. The maximum atomic E-state index is 10.7. The number of amides is 1. The second-order valence-corrected chi connectivity index (χ2v) is 5.29. The van der Waals surface area contributed by atoms with Crippen LogP contribution >= 0.6 is 23.5 Å². The van der Waals surface area contributed by atoms with Crippen molar-refractivity contribution in [3.05, 3.63) is 0 Å². The molecule has 0 radical (unpaired) electrons. The average molecular weight is 207 g/mol. The molecular weight excluding hydrogens is 194 g/mol. The highest BCUT2D eigenvalue weighted by atomic mass is 32.2. The minimum Gasteiger partial charge on any atom is -0.447 e. The van der Waals surface area contributed by atoms with Crippen LogP contribution in [0.4, 0.5) is 4.79 Å². The van der Waals surface area contributed by atoms with Crippen LogP contribution in [0.5, 0.6) is 0 Å². The van der Waals surface area contributed by atoms with Gasteiger partial charge in [0.05, 0.1) is 4.58 Å². The Morgan fingerprint density at radius 1 is 1.58 bits per heavy atom. The fraction of sp³-hybridized carbons (Fsp3) is 0.857. The van der Waals surface area contributed by atoms with E-state index in [1.807, 2.05) is 23.5 Å². The van der Waals surface area contributed by atoms with Gasteiger partial charge in [-0.25, -0.2) is 4.79 Å². The third kappa shape index (κ3) is 3.58. The number of alkyl carbamates (subject to hydrolysis) is 1. The quantitative estimate of drug-likeness (QED) is 0.745. The normalized spacial score (nSPS) is 18.8. The number of hydrogen-bond acceptors (Lipinski definition) is 4. The first-order valence-corrected chi connectivity index (χ1v) is 6.00. The van der Waals surface area contributed by atoms with Gasteiger partial charge in [0.25, 0.3) is 0 Å². The Morgan fingerprint density at radius 3 is 2.83 bits per heavy atom. The Kier molecular flexibility index (Phi) is 4.68. The van der Waals surface area contributed by atoms with Crippen molar-refractivity contribution in [3.63, 3.8) is 0 Å². The highest BCUT2D eigenvalue weighted by molar-refractivity contribution is 8.17. The Balaban J connectivity index is 2.09. The van der Waals surface area contributed by atoms with E-state index in [4.69, 9.17) is 4.74 Å². The van der Waals surface area contributed by atoms with Gasteiger partial charge in [-0.3, -0.25) is 0 Å². The van der Waals surface area contributed by atoms with Gasteiger partial charge >= 0.3 is 6.09 Å². The van der Waals surface area contributed by atoms with E-state index in [2.05, 4.69) is 5.32 Å². The number of hydrogen-bond donors (Lipinski definition) is 1. The molecule has 0 aliphatic carbocycles. The van der Waals surface area contributed by atoms with E-state index in [1.54, 1.807) is 7.05 Å². The molecule has 0 spiro atoms. The zero-order chi connectivity index (χ0) is 8.81. The van der Waals surface area contributed by atoms with E-state index < -0.39 is 0 Å². The predicted octanol–water partition coefficient (Wildman–Crippen LogP) is 1.54. The molecule has 1 rings (SSSR count). The lowest BCUT2D eigenvalue weighted by Crippen LogP contribution is -2.23. The van der Waals surface area contributed by atoms with Crippen molar-refractivity contribution >= 4 is 29.6 Å². The monoisotopic (exact) mass is 207 g/mol. The molecule has 1 heterocycles. The molecule has 0 aromatic rings. The van der Waals surface area contributed by atoms with Crippen molar-refractivity contribution in [2.24, 2.45) is 0 Å². The maximum absolute atomic E-state index is 10.7. The van der Waals surface area contributed by atoms with Crippen molar-refractivity contribution in [1.82, 2.24) is 5.32 Å².